The van der Waals surface area contributed by atoms with Gasteiger partial charge in [-0.1, -0.05) is 23.7 Å². The van der Waals surface area contributed by atoms with Crippen molar-refractivity contribution < 1.29 is 24.1 Å². The van der Waals surface area contributed by atoms with Crippen LogP contribution in [0.2, 0.25) is 5.02 Å². The molecule has 1 fully saturated rings. The van der Waals surface area contributed by atoms with Crippen molar-refractivity contribution in [3.8, 4) is 5.75 Å². The van der Waals surface area contributed by atoms with Crippen LogP contribution >= 0.6 is 11.6 Å². The first kappa shape index (κ1) is 29.0. The lowest BCUT2D eigenvalue weighted by atomic mass is 9.68. The van der Waals surface area contributed by atoms with Gasteiger partial charge in [-0.3, -0.25) is 0 Å². The fraction of sp³-hybridized carbons (Fsp3) is 0.545. The van der Waals surface area contributed by atoms with Crippen molar-refractivity contribution >= 4 is 23.3 Å². The summed E-state index contributed by atoms with van der Waals surface area (Å²) in [5, 5.41) is 11.7. The van der Waals surface area contributed by atoms with Gasteiger partial charge in [0, 0.05) is 23.5 Å². The molecule has 1 heterocycles. The summed E-state index contributed by atoms with van der Waals surface area (Å²) < 4.78 is 17.8. The Morgan fingerprint density at radius 1 is 1.27 bits per heavy atom. The van der Waals surface area contributed by atoms with Crippen LogP contribution in [0, 0.1) is 11.8 Å². The number of esters is 1. The minimum Gasteiger partial charge on any atom is -0.490 e. The number of nitrogens with zero attached hydrogens (tertiary/aromatic N) is 1. The smallest absolute Gasteiger partial charge is 0.338 e. The number of rotatable bonds is 8. The summed E-state index contributed by atoms with van der Waals surface area (Å²) in [7, 11) is 0. The second-order valence-electron chi connectivity index (χ2n) is 12.7. The number of halogens is 1. The molecule has 2 aromatic rings. The molecule has 0 amide bonds. The Hall–Kier alpha value is -2.54. The maximum Gasteiger partial charge on any atom is 0.338 e. The lowest BCUT2D eigenvalue weighted by Crippen LogP contribution is -2.50. The van der Waals surface area contributed by atoms with Gasteiger partial charge < -0.3 is 24.2 Å². The standard InChI is InChI=1S/C33H42ClNO5/c1-5-15-38-19-29(36)26-11-8-24(26)18-35-20-33(14-6-7-22-16-25(34)10-12-27(22)33)21-39-30-13-9-23(17-28(30)35)31(37)40-32(2,3)4/h5,9-10,12-13,16-17,24,26,29,36H,1,6-8,11,14-15,18-21H2,2-4H3/t24-,26-,29-,33+/m1/s1. The van der Waals surface area contributed by atoms with Crippen LogP contribution < -0.4 is 9.64 Å². The molecule has 1 spiro atoms. The number of aliphatic hydroxyl groups excluding tert-OH is 1. The van der Waals surface area contributed by atoms with Gasteiger partial charge in [0.1, 0.15) is 11.4 Å². The van der Waals surface area contributed by atoms with Gasteiger partial charge in [0.25, 0.3) is 0 Å². The van der Waals surface area contributed by atoms with Gasteiger partial charge in [-0.15, -0.1) is 6.58 Å². The summed E-state index contributed by atoms with van der Waals surface area (Å²) in [6.45, 7) is 12.2. The number of anilines is 1. The van der Waals surface area contributed by atoms with Crippen molar-refractivity contribution in [3.63, 3.8) is 0 Å². The van der Waals surface area contributed by atoms with E-state index in [9.17, 15) is 9.90 Å². The normalized spacial score (nSPS) is 24.7. The van der Waals surface area contributed by atoms with E-state index >= 15 is 0 Å². The molecule has 1 aliphatic heterocycles. The van der Waals surface area contributed by atoms with Gasteiger partial charge in [-0.25, -0.2) is 4.79 Å². The molecule has 0 saturated heterocycles. The van der Waals surface area contributed by atoms with Gasteiger partial charge in [-0.05, 0) is 106 Å². The molecule has 7 heteroatoms. The molecule has 6 nitrogen and oxygen atoms in total. The third-order valence-electron chi connectivity index (χ3n) is 8.62. The van der Waals surface area contributed by atoms with E-state index in [0.29, 0.717) is 31.3 Å². The van der Waals surface area contributed by atoms with E-state index in [0.717, 1.165) is 61.7 Å². The fourth-order valence-corrected chi connectivity index (χ4v) is 6.78. The second-order valence-corrected chi connectivity index (χ2v) is 13.1. The van der Waals surface area contributed by atoms with Crippen molar-refractivity contribution in [2.24, 2.45) is 11.8 Å². The molecule has 40 heavy (non-hydrogen) atoms. The van der Waals surface area contributed by atoms with Crippen molar-refractivity contribution in [1.82, 2.24) is 0 Å². The lowest BCUT2D eigenvalue weighted by molar-refractivity contribution is -0.0367. The van der Waals surface area contributed by atoms with E-state index in [1.807, 2.05) is 39.0 Å². The monoisotopic (exact) mass is 567 g/mol. The zero-order chi connectivity index (χ0) is 28.5. The number of hydrogen-bond acceptors (Lipinski definition) is 6. The number of hydrogen-bond donors (Lipinski definition) is 1. The molecule has 5 rings (SSSR count). The van der Waals surface area contributed by atoms with Crippen molar-refractivity contribution in [2.45, 2.75) is 70.0 Å². The fourth-order valence-electron chi connectivity index (χ4n) is 6.58. The zero-order valence-electron chi connectivity index (χ0n) is 24.0. The first-order valence-corrected chi connectivity index (χ1v) is 14.9. The number of carbonyl (C=O) groups excluding carboxylic acids is 1. The van der Waals surface area contributed by atoms with E-state index in [1.165, 1.54) is 11.1 Å². The number of carbonyl (C=O) groups is 1. The third-order valence-corrected chi connectivity index (χ3v) is 8.86. The average molecular weight is 568 g/mol. The molecule has 2 aliphatic carbocycles. The number of aliphatic hydroxyl groups is 1. The molecular weight excluding hydrogens is 526 g/mol. The highest BCUT2D eigenvalue weighted by Crippen LogP contribution is 2.46. The highest BCUT2D eigenvalue weighted by Gasteiger charge is 2.44. The number of aryl methyl sites for hydroxylation is 1. The van der Waals surface area contributed by atoms with E-state index in [-0.39, 0.29) is 17.3 Å². The van der Waals surface area contributed by atoms with Gasteiger partial charge in [0.05, 0.1) is 37.2 Å². The molecule has 2 aromatic carbocycles. The maximum absolute atomic E-state index is 13.0. The van der Waals surface area contributed by atoms with Crippen molar-refractivity contribution in [3.05, 3.63) is 70.8 Å². The second kappa shape index (κ2) is 11.8. The highest BCUT2D eigenvalue weighted by atomic mass is 35.5. The van der Waals surface area contributed by atoms with Crippen LogP contribution in [0.4, 0.5) is 5.69 Å². The van der Waals surface area contributed by atoms with Crippen LogP contribution in [0.15, 0.2) is 49.1 Å². The quantitative estimate of drug-likeness (QED) is 0.227. The van der Waals surface area contributed by atoms with Crippen LogP contribution in [0.3, 0.4) is 0 Å². The zero-order valence-corrected chi connectivity index (χ0v) is 24.7. The summed E-state index contributed by atoms with van der Waals surface area (Å²) in [4.78, 5) is 15.4. The summed E-state index contributed by atoms with van der Waals surface area (Å²) in [6, 6.07) is 11.9. The molecule has 0 bridgehead atoms. The van der Waals surface area contributed by atoms with Gasteiger partial charge in [0.15, 0.2) is 0 Å². The summed E-state index contributed by atoms with van der Waals surface area (Å²) in [6.07, 6.45) is 6.30. The van der Waals surface area contributed by atoms with E-state index in [1.54, 1.807) is 12.1 Å². The first-order valence-electron chi connectivity index (χ1n) is 14.5. The summed E-state index contributed by atoms with van der Waals surface area (Å²) in [5.74, 6) is 0.905. The SMILES string of the molecule is C=CCOC[C@@H](O)[C@@H]1CC[C@@H]1CN1C[C@@]2(CCCc3cc(Cl)ccc32)COc2ccc(C(=O)OC(C)(C)C)cc21. The predicted molar refractivity (Wildman–Crippen MR) is 159 cm³/mol. The van der Waals surface area contributed by atoms with Crippen molar-refractivity contribution in [2.75, 3.05) is 37.8 Å². The van der Waals surface area contributed by atoms with Gasteiger partial charge >= 0.3 is 5.97 Å². The molecule has 3 aliphatic rings. The van der Waals surface area contributed by atoms with Gasteiger partial charge in [-0.2, -0.15) is 0 Å². The molecule has 216 valence electrons. The summed E-state index contributed by atoms with van der Waals surface area (Å²) >= 11 is 6.39. The van der Waals surface area contributed by atoms with Crippen LogP contribution in [-0.4, -0.2) is 55.7 Å². The Morgan fingerprint density at radius 2 is 2.10 bits per heavy atom. The largest absolute Gasteiger partial charge is 0.490 e. The average Bonchev–Trinajstić information content (AvgIpc) is 3.03. The minimum absolute atomic E-state index is 0.167. The number of fused-ring (bicyclic) bond motifs is 3. The molecular formula is C33H42ClNO5. The Bertz CT molecular complexity index is 1240. The van der Waals surface area contributed by atoms with E-state index in [4.69, 9.17) is 25.8 Å². The molecule has 0 radical (unpaired) electrons. The lowest BCUT2D eigenvalue weighted by Gasteiger charge is -2.45. The predicted octanol–water partition coefficient (Wildman–Crippen LogP) is 6.36. The molecule has 1 N–H and O–H groups in total. The van der Waals surface area contributed by atoms with Crippen LogP contribution in [0.25, 0.3) is 0 Å². The Balaban J connectivity index is 1.47. The Morgan fingerprint density at radius 3 is 2.83 bits per heavy atom. The highest BCUT2D eigenvalue weighted by molar-refractivity contribution is 6.30. The van der Waals surface area contributed by atoms with E-state index < -0.39 is 11.7 Å². The Labute approximate surface area is 243 Å². The van der Waals surface area contributed by atoms with Crippen LogP contribution in [0.5, 0.6) is 5.75 Å². The number of ether oxygens (including phenoxy) is 3. The molecule has 0 aromatic heterocycles. The topological polar surface area (TPSA) is 68.2 Å². The summed E-state index contributed by atoms with van der Waals surface area (Å²) in [5.41, 5.74) is 3.23. The third kappa shape index (κ3) is 6.19. The molecule has 4 atom stereocenters. The molecule has 1 saturated carbocycles. The first-order chi connectivity index (χ1) is 19.1. The van der Waals surface area contributed by atoms with Crippen molar-refractivity contribution in [1.29, 1.82) is 0 Å². The number of benzene rings is 2. The Kier molecular flexibility index (Phi) is 8.51. The minimum atomic E-state index is -0.583. The maximum atomic E-state index is 13.0. The van der Waals surface area contributed by atoms with Crippen LogP contribution in [0.1, 0.15) is 67.9 Å². The van der Waals surface area contributed by atoms with E-state index in [2.05, 4.69) is 23.6 Å². The van der Waals surface area contributed by atoms with Gasteiger partial charge in [0.2, 0.25) is 0 Å². The molecule has 0 unspecified atom stereocenters. The van der Waals surface area contributed by atoms with Crippen LogP contribution in [-0.2, 0) is 21.3 Å².